The molecule has 1 N–H and O–H groups in total. The Bertz CT molecular complexity index is 621. The summed E-state index contributed by atoms with van der Waals surface area (Å²) in [6.45, 7) is 14.7. The molecular weight excluding hydrogens is 336 g/mol. The van der Waals surface area contributed by atoms with Gasteiger partial charge in [-0.1, -0.05) is 58.0 Å². The van der Waals surface area contributed by atoms with Gasteiger partial charge in [0.25, 0.3) is 0 Å². The number of hydrogen-bond acceptors (Lipinski definition) is 2. The molecule has 1 aromatic carbocycles. The van der Waals surface area contributed by atoms with E-state index in [0.29, 0.717) is 11.8 Å². The first-order valence-corrected chi connectivity index (χ1v) is 13.3. The second-order valence-electron chi connectivity index (χ2n) is 10.6. The van der Waals surface area contributed by atoms with Gasteiger partial charge in [-0.05, 0) is 67.6 Å². The van der Waals surface area contributed by atoms with Crippen LogP contribution in [0.4, 0.5) is 0 Å². The molecule has 0 bridgehead atoms. The molecule has 2 fully saturated rings. The van der Waals surface area contributed by atoms with Gasteiger partial charge in [0, 0.05) is 12.0 Å². The maximum atomic E-state index is 11.6. The van der Waals surface area contributed by atoms with E-state index in [0.717, 1.165) is 32.3 Å². The van der Waals surface area contributed by atoms with Gasteiger partial charge in [0.05, 0.1) is 5.60 Å². The molecule has 0 unspecified atom stereocenters. The summed E-state index contributed by atoms with van der Waals surface area (Å²) in [6.07, 6.45) is 5.22. The van der Waals surface area contributed by atoms with Crippen LogP contribution >= 0.6 is 0 Å². The molecule has 0 amide bonds. The predicted octanol–water partition coefficient (Wildman–Crippen LogP) is 6.12. The van der Waals surface area contributed by atoms with E-state index in [1.54, 1.807) is 0 Å². The van der Waals surface area contributed by atoms with Crippen LogP contribution in [-0.4, -0.2) is 25.6 Å². The van der Waals surface area contributed by atoms with Gasteiger partial charge in [0.2, 0.25) is 0 Å². The van der Waals surface area contributed by atoms with E-state index in [1.807, 2.05) is 0 Å². The number of benzene rings is 1. The Hall–Kier alpha value is -0.643. The van der Waals surface area contributed by atoms with E-state index in [9.17, 15) is 5.11 Å². The molecule has 146 valence electrons. The lowest BCUT2D eigenvalue weighted by Gasteiger charge is -2.50. The molecule has 0 spiro atoms. The van der Waals surface area contributed by atoms with Gasteiger partial charge in [-0.2, -0.15) is 0 Å². The van der Waals surface area contributed by atoms with Crippen LogP contribution in [0, 0.1) is 11.3 Å². The third kappa shape index (κ3) is 3.43. The molecule has 0 aliphatic heterocycles. The summed E-state index contributed by atoms with van der Waals surface area (Å²) in [5.41, 5.74) is 0.859. The number of hydrogen-bond donors (Lipinski definition) is 1. The zero-order valence-corrected chi connectivity index (χ0v) is 18.6. The van der Waals surface area contributed by atoms with Crippen LogP contribution in [0.15, 0.2) is 30.3 Å². The van der Waals surface area contributed by atoms with Crippen LogP contribution in [0.3, 0.4) is 0 Å². The molecule has 0 radical (unpaired) electrons. The Labute approximate surface area is 161 Å². The van der Waals surface area contributed by atoms with E-state index in [2.05, 4.69) is 71.1 Å². The van der Waals surface area contributed by atoms with Crippen LogP contribution in [-0.2, 0) is 4.43 Å². The topological polar surface area (TPSA) is 29.5 Å². The fraction of sp³-hybridized carbons (Fsp3) is 0.739. The van der Waals surface area contributed by atoms with E-state index in [1.165, 1.54) is 12.0 Å². The van der Waals surface area contributed by atoms with Crippen LogP contribution in [0.2, 0.25) is 18.1 Å². The van der Waals surface area contributed by atoms with Crippen molar-refractivity contribution < 1.29 is 9.53 Å². The van der Waals surface area contributed by atoms with Gasteiger partial charge in [-0.15, -0.1) is 0 Å². The minimum Gasteiger partial charge on any atom is -0.417 e. The van der Waals surface area contributed by atoms with Crippen molar-refractivity contribution in [2.75, 3.05) is 6.61 Å². The summed E-state index contributed by atoms with van der Waals surface area (Å²) in [7, 11) is -1.73. The molecule has 3 rings (SSSR count). The SMILES string of the molecule is CC(C)(C)[Si](C)(C)OC[C@H]1CC[C@]2(O)C[C@@H](c3ccccc3)CC[C@]12C. The molecule has 4 atom stereocenters. The lowest BCUT2D eigenvalue weighted by Crippen LogP contribution is -2.51. The molecule has 2 aliphatic rings. The van der Waals surface area contributed by atoms with E-state index in [4.69, 9.17) is 4.43 Å². The fourth-order valence-electron chi connectivity index (χ4n) is 4.96. The lowest BCUT2D eigenvalue weighted by atomic mass is 9.59. The van der Waals surface area contributed by atoms with Crippen molar-refractivity contribution in [2.45, 2.75) is 89.5 Å². The summed E-state index contributed by atoms with van der Waals surface area (Å²) < 4.78 is 6.58. The van der Waals surface area contributed by atoms with Crippen molar-refractivity contribution in [3.05, 3.63) is 35.9 Å². The highest BCUT2D eigenvalue weighted by Gasteiger charge is 2.59. The number of fused-ring (bicyclic) bond motifs is 1. The normalized spacial score (nSPS) is 35.3. The standard InChI is InChI=1S/C23H38O2Si/c1-21(2,3)26(5,6)25-17-20-13-15-23(24)16-19(12-14-22(20,23)4)18-10-8-7-9-11-18/h7-11,19-20,24H,12-17H2,1-6H3/t19-,20+,22+,23-/m0/s1. The molecule has 2 nitrogen and oxygen atoms in total. The first-order valence-electron chi connectivity index (χ1n) is 10.4. The minimum atomic E-state index is -1.73. The Balaban J connectivity index is 1.71. The molecule has 26 heavy (non-hydrogen) atoms. The molecular formula is C23H38O2Si. The lowest BCUT2D eigenvalue weighted by molar-refractivity contribution is -0.109. The van der Waals surface area contributed by atoms with E-state index in [-0.39, 0.29) is 10.5 Å². The van der Waals surface area contributed by atoms with Crippen molar-refractivity contribution in [1.82, 2.24) is 0 Å². The first kappa shape index (κ1) is 20.1. The van der Waals surface area contributed by atoms with Crippen LogP contribution in [0.5, 0.6) is 0 Å². The largest absolute Gasteiger partial charge is 0.417 e. The van der Waals surface area contributed by atoms with Crippen LogP contribution in [0.25, 0.3) is 0 Å². The zero-order chi connectivity index (χ0) is 19.2. The van der Waals surface area contributed by atoms with Gasteiger partial charge in [-0.3, -0.25) is 0 Å². The minimum absolute atomic E-state index is 0.000640. The van der Waals surface area contributed by atoms with Gasteiger partial charge in [0.15, 0.2) is 8.32 Å². The Morgan fingerprint density at radius 3 is 2.38 bits per heavy atom. The van der Waals surface area contributed by atoms with Crippen molar-refractivity contribution in [1.29, 1.82) is 0 Å². The molecule has 3 heteroatoms. The second kappa shape index (κ2) is 6.75. The maximum absolute atomic E-state index is 11.6. The van der Waals surface area contributed by atoms with Crippen molar-refractivity contribution >= 4 is 8.32 Å². The fourth-order valence-corrected chi connectivity index (χ4v) is 6.01. The molecule has 2 saturated carbocycles. The second-order valence-corrected chi connectivity index (χ2v) is 15.4. The highest BCUT2D eigenvalue weighted by atomic mass is 28.4. The first-order chi connectivity index (χ1) is 12.0. The maximum Gasteiger partial charge on any atom is 0.191 e. The van der Waals surface area contributed by atoms with E-state index < -0.39 is 13.9 Å². The molecule has 0 saturated heterocycles. The van der Waals surface area contributed by atoms with Gasteiger partial charge in [0.1, 0.15) is 0 Å². The molecule has 0 heterocycles. The van der Waals surface area contributed by atoms with Gasteiger partial charge < -0.3 is 9.53 Å². The average molecular weight is 375 g/mol. The van der Waals surface area contributed by atoms with Crippen LogP contribution < -0.4 is 0 Å². The van der Waals surface area contributed by atoms with Crippen LogP contribution in [0.1, 0.15) is 71.3 Å². The molecule has 1 aromatic rings. The quantitative estimate of drug-likeness (QED) is 0.643. The van der Waals surface area contributed by atoms with Crippen molar-refractivity contribution in [3.8, 4) is 0 Å². The highest BCUT2D eigenvalue weighted by Crippen LogP contribution is 2.60. The Morgan fingerprint density at radius 1 is 1.12 bits per heavy atom. The number of rotatable bonds is 4. The number of aliphatic hydroxyl groups is 1. The summed E-state index contributed by atoms with van der Waals surface area (Å²) >= 11 is 0. The predicted molar refractivity (Wildman–Crippen MR) is 112 cm³/mol. The molecule has 0 aromatic heterocycles. The summed E-state index contributed by atoms with van der Waals surface area (Å²) in [5.74, 6) is 0.979. The smallest absolute Gasteiger partial charge is 0.191 e. The third-order valence-electron chi connectivity index (χ3n) is 8.19. The monoisotopic (exact) mass is 374 g/mol. The Morgan fingerprint density at radius 2 is 1.77 bits per heavy atom. The summed E-state index contributed by atoms with van der Waals surface area (Å²) in [6, 6.07) is 10.8. The summed E-state index contributed by atoms with van der Waals surface area (Å²) in [4.78, 5) is 0. The zero-order valence-electron chi connectivity index (χ0n) is 17.6. The summed E-state index contributed by atoms with van der Waals surface area (Å²) in [5, 5.41) is 11.9. The van der Waals surface area contributed by atoms with E-state index >= 15 is 0 Å². The van der Waals surface area contributed by atoms with Crippen molar-refractivity contribution in [2.24, 2.45) is 11.3 Å². The third-order valence-corrected chi connectivity index (χ3v) is 12.7. The average Bonchev–Trinajstić information content (AvgIpc) is 2.83. The van der Waals surface area contributed by atoms with Crippen molar-refractivity contribution in [3.63, 3.8) is 0 Å². The Kier molecular flexibility index (Phi) is 5.22. The molecule has 2 aliphatic carbocycles. The highest BCUT2D eigenvalue weighted by molar-refractivity contribution is 6.74. The van der Waals surface area contributed by atoms with Gasteiger partial charge in [-0.25, -0.2) is 0 Å². The van der Waals surface area contributed by atoms with Gasteiger partial charge >= 0.3 is 0 Å².